The molecule has 3 N–H and O–H groups in total. The zero-order valence-corrected chi connectivity index (χ0v) is 9.21. The summed E-state index contributed by atoms with van der Waals surface area (Å²) >= 11 is 0. The zero-order chi connectivity index (χ0) is 12.4. The lowest BCUT2D eigenvalue weighted by Gasteiger charge is -2.07. The van der Waals surface area contributed by atoms with Gasteiger partial charge in [-0.1, -0.05) is 29.8 Å². The van der Waals surface area contributed by atoms with Crippen LogP contribution < -0.4 is 5.73 Å². The largest absolute Gasteiger partial charge is 0.476 e. The molecular formula is C12H11N3O2. The van der Waals surface area contributed by atoms with Crippen LogP contribution in [0.4, 0.5) is 5.82 Å². The summed E-state index contributed by atoms with van der Waals surface area (Å²) in [6, 6.07) is 7.37. The van der Waals surface area contributed by atoms with Crippen LogP contribution in [-0.4, -0.2) is 21.0 Å². The number of anilines is 1. The molecule has 86 valence electrons. The molecule has 5 heteroatoms. The summed E-state index contributed by atoms with van der Waals surface area (Å²) in [5.74, 6) is -0.948. The maximum absolute atomic E-state index is 11.1. The molecule has 0 aliphatic heterocycles. The molecule has 0 atom stereocenters. The lowest BCUT2D eigenvalue weighted by Crippen LogP contribution is -2.07. The molecule has 2 aromatic rings. The van der Waals surface area contributed by atoms with Gasteiger partial charge in [0.2, 0.25) is 0 Å². The molecule has 0 unspecified atom stereocenters. The van der Waals surface area contributed by atoms with Gasteiger partial charge in [0.1, 0.15) is 12.1 Å². The fraction of sp³-hybridized carbons (Fsp3) is 0.0833. The van der Waals surface area contributed by atoms with Gasteiger partial charge in [-0.3, -0.25) is 0 Å². The minimum absolute atomic E-state index is 0.0821. The average molecular weight is 229 g/mol. The molecule has 0 fully saturated rings. The quantitative estimate of drug-likeness (QED) is 0.818. The number of aromatic nitrogens is 2. The molecule has 0 saturated carbocycles. The highest BCUT2D eigenvalue weighted by atomic mass is 16.4. The van der Waals surface area contributed by atoms with Crippen LogP contribution >= 0.6 is 0 Å². The van der Waals surface area contributed by atoms with Crippen LogP contribution in [0.25, 0.3) is 11.1 Å². The van der Waals surface area contributed by atoms with Gasteiger partial charge in [0.25, 0.3) is 0 Å². The number of carboxylic acid groups (broad SMARTS) is 1. The third kappa shape index (κ3) is 2.08. The van der Waals surface area contributed by atoms with Crippen molar-refractivity contribution < 1.29 is 9.90 Å². The summed E-state index contributed by atoms with van der Waals surface area (Å²) in [4.78, 5) is 18.6. The lowest BCUT2D eigenvalue weighted by atomic mass is 10.0. The minimum atomic E-state index is -1.12. The van der Waals surface area contributed by atoms with E-state index in [0.29, 0.717) is 11.1 Å². The minimum Gasteiger partial charge on any atom is -0.476 e. The monoisotopic (exact) mass is 229 g/mol. The van der Waals surface area contributed by atoms with Gasteiger partial charge in [0.05, 0.1) is 5.56 Å². The fourth-order valence-electron chi connectivity index (χ4n) is 1.57. The molecular weight excluding hydrogens is 218 g/mol. The Labute approximate surface area is 98.0 Å². The highest BCUT2D eigenvalue weighted by Crippen LogP contribution is 2.27. The number of benzene rings is 1. The van der Waals surface area contributed by atoms with Crippen LogP contribution in [0.1, 0.15) is 16.1 Å². The fourth-order valence-corrected chi connectivity index (χ4v) is 1.57. The lowest BCUT2D eigenvalue weighted by molar-refractivity contribution is 0.0691. The molecule has 1 heterocycles. The van der Waals surface area contributed by atoms with E-state index in [1.54, 1.807) is 12.1 Å². The van der Waals surface area contributed by atoms with Crippen molar-refractivity contribution in [2.45, 2.75) is 6.92 Å². The second-order valence-corrected chi connectivity index (χ2v) is 3.65. The van der Waals surface area contributed by atoms with Crippen molar-refractivity contribution in [1.29, 1.82) is 0 Å². The number of hydrogen-bond donors (Lipinski definition) is 2. The highest BCUT2D eigenvalue weighted by Gasteiger charge is 2.16. The molecule has 5 nitrogen and oxygen atoms in total. The van der Waals surface area contributed by atoms with E-state index in [0.717, 1.165) is 11.9 Å². The van der Waals surface area contributed by atoms with Crippen molar-refractivity contribution in [2.75, 3.05) is 5.73 Å². The van der Waals surface area contributed by atoms with E-state index in [9.17, 15) is 4.79 Å². The Morgan fingerprint density at radius 1 is 1.24 bits per heavy atom. The van der Waals surface area contributed by atoms with E-state index in [1.807, 2.05) is 19.1 Å². The Bertz CT molecular complexity index is 564. The standard InChI is InChI=1S/C12H11N3O2/c1-7-2-4-8(5-3-7)9-10(12(16)17)14-6-15-11(9)13/h2-6H,1H3,(H,16,17)(H2,13,14,15). The van der Waals surface area contributed by atoms with Gasteiger partial charge in [0.15, 0.2) is 5.69 Å². The number of carbonyl (C=O) groups is 1. The Balaban J connectivity index is 2.65. The highest BCUT2D eigenvalue weighted by molar-refractivity contribution is 5.96. The molecule has 0 radical (unpaired) electrons. The molecule has 0 saturated heterocycles. The van der Waals surface area contributed by atoms with Crippen molar-refractivity contribution in [3.8, 4) is 11.1 Å². The number of aryl methyl sites for hydroxylation is 1. The average Bonchev–Trinajstić information content (AvgIpc) is 2.30. The maximum Gasteiger partial charge on any atom is 0.355 e. The van der Waals surface area contributed by atoms with Gasteiger partial charge in [-0.15, -0.1) is 0 Å². The van der Waals surface area contributed by atoms with E-state index in [4.69, 9.17) is 10.8 Å². The molecule has 0 aliphatic carbocycles. The van der Waals surface area contributed by atoms with Crippen molar-refractivity contribution in [2.24, 2.45) is 0 Å². The number of nitrogens with zero attached hydrogens (tertiary/aromatic N) is 2. The van der Waals surface area contributed by atoms with E-state index < -0.39 is 5.97 Å². The van der Waals surface area contributed by atoms with Crippen LogP contribution in [0.5, 0.6) is 0 Å². The second-order valence-electron chi connectivity index (χ2n) is 3.65. The third-order valence-corrected chi connectivity index (χ3v) is 2.42. The summed E-state index contributed by atoms with van der Waals surface area (Å²) in [7, 11) is 0. The summed E-state index contributed by atoms with van der Waals surface area (Å²) in [5.41, 5.74) is 7.78. The Hall–Kier alpha value is -2.43. The molecule has 1 aromatic carbocycles. The summed E-state index contributed by atoms with van der Waals surface area (Å²) < 4.78 is 0. The number of hydrogen-bond acceptors (Lipinski definition) is 4. The van der Waals surface area contributed by atoms with E-state index in [1.165, 1.54) is 0 Å². The first kappa shape index (κ1) is 11.1. The number of nitrogen functional groups attached to an aromatic ring is 1. The van der Waals surface area contributed by atoms with E-state index >= 15 is 0 Å². The van der Waals surface area contributed by atoms with Crippen LogP contribution in [0.2, 0.25) is 0 Å². The van der Waals surface area contributed by atoms with Gasteiger partial charge in [0, 0.05) is 0 Å². The number of aromatic carboxylic acids is 1. The van der Waals surface area contributed by atoms with Gasteiger partial charge in [-0.05, 0) is 12.5 Å². The SMILES string of the molecule is Cc1ccc(-c2c(N)ncnc2C(=O)O)cc1. The van der Waals surface area contributed by atoms with Crippen LogP contribution in [0.15, 0.2) is 30.6 Å². The van der Waals surface area contributed by atoms with Gasteiger partial charge in [-0.25, -0.2) is 14.8 Å². The smallest absolute Gasteiger partial charge is 0.355 e. The third-order valence-electron chi connectivity index (χ3n) is 2.42. The van der Waals surface area contributed by atoms with E-state index in [2.05, 4.69) is 9.97 Å². The predicted molar refractivity (Wildman–Crippen MR) is 63.6 cm³/mol. The molecule has 0 bridgehead atoms. The van der Waals surface area contributed by atoms with Crippen molar-refractivity contribution in [3.05, 3.63) is 41.9 Å². The van der Waals surface area contributed by atoms with Crippen LogP contribution in [-0.2, 0) is 0 Å². The van der Waals surface area contributed by atoms with Crippen molar-refractivity contribution >= 4 is 11.8 Å². The van der Waals surface area contributed by atoms with Crippen LogP contribution in [0, 0.1) is 6.92 Å². The normalized spacial score (nSPS) is 10.2. The molecule has 0 spiro atoms. The topological polar surface area (TPSA) is 89.1 Å². The predicted octanol–water partition coefficient (Wildman–Crippen LogP) is 1.73. The molecule has 0 aliphatic rings. The number of carboxylic acids is 1. The first-order valence-electron chi connectivity index (χ1n) is 5.00. The van der Waals surface area contributed by atoms with Crippen molar-refractivity contribution in [3.63, 3.8) is 0 Å². The van der Waals surface area contributed by atoms with Crippen LogP contribution in [0.3, 0.4) is 0 Å². The Kier molecular flexibility index (Phi) is 2.74. The van der Waals surface area contributed by atoms with Crippen molar-refractivity contribution in [1.82, 2.24) is 9.97 Å². The first-order valence-corrected chi connectivity index (χ1v) is 5.00. The van der Waals surface area contributed by atoms with Gasteiger partial charge >= 0.3 is 5.97 Å². The summed E-state index contributed by atoms with van der Waals surface area (Å²) in [5, 5.41) is 9.06. The molecule has 17 heavy (non-hydrogen) atoms. The maximum atomic E-state index is 11.1. The summed E-state index contributed by atoms with van der Waals surface area (Å²) in [6.07, 6.45) is 1.15. The molecule has 1 aromatic heterocycles. The molecule has 0 amide bonds. The molecule has 2 rings (SSSR count). The zero-order valence-electron chi connectivity index (χ0n) is 9.21. The Morgan fingerprint density at radius 3 is 2.47 bits per heavy atom. The summed E-state index contributed by atoms with van der Waals surface area (Å²) in [6.45, 7) is 1.95. The second kappa shape index (κ2) is 4.21. The van der Waals surface area contributed by atoms with Gasteiger partial charge < -0.3 is 10.8 Å². The number of nitrogens with two attached hydrogens (primary N) is 1. The number of rotatable bonds is 2. The first-order chi connectivity index (χ1) is 8.09. The van der Waals surface area contributed by atoms with Gasteiger partial charge in [-0.2, -0.15) is 0 Å². The van der Waals surface area contributed by atoms with E-state index in [-0.39, 0.29) is 11.5 Å². The Morgan fingerprint density at radius 2 is 1.88 bits per heavy atom.